The molecule has 0 aliphatic rings. The van der Waals surface area contributed by atoms with Gasteiger partial charge in [0.1, 0.15) is 6.54 Å². The van der Waals surface area contributed by atoms with Gasteiger partial charge in [0.25, 0.3) is 0 Å². The molecule has 0 aliphatic heterocycles. The van der Waals surface area contributed by atoms with Crippen LogP contribution in [0.2, 0.25) is 0 Å². The number of nitrogens with one attached hydrogen (secondary N) is 1. The quantitative estimate of drug-likeness (QED) is 0.599. The lowest BCUT2D eigenvalue weighted by Gasteiger charge is -2.09. The fraction of sp³-hybridized carbons (Fsp3) is 0.316. The number of carbonyl (C=O) groups is 1. The second kappa shape index (κ2) is 8.02. The minimum Gasteiger partial charge on any atom is -0.321 e. The summed E-state index contributed by atoms with van der Waals surface area (Å²) in [4.78, 5) is 12.4. The standard InChI is InChI=1S/C19H19BrF3N5O/c1-11-8-16(19(21,22)23)26-27(11)10-17(29)24-18-12(2)25-28(13(18)3)9-14-4-6-15(20)7-5-14/h4-8H,9-10H2,1-3H3,(H,24,29). The summed E-state index contributed by atoms with van der Waals surface area (Å²) in [5.74, 6) is -0.473. The van der Waals surface area contributed by atoms with E-state index >= 15 is 0 Å². The van der Waals surface area contributed by atoms with Crippen LogP contribution >= 0.6 is 15.9 Å². The van der Waals surface area contributed by atoms with E-state index in [4.69, 9.17) is 0 Å². The largest absolute Gasteiger partial charge is 0.435 e. The lowest BCUT2D eigenvalue weighted by atomic mass is 10.2. The highest BCUT2D eigenvalue weighted by Gasteiger charge is 2.34. The van der Waals surface area contributed by atoms with Crippen molar-refractivity contribution in [1.29, 1.82) is 0 Å². The summed E-state index contributed by atoms with van der Waals surface area (Å²) >= 11 is 3.39. The fourth-order valence-electron chi connectivity index (χ4n) is 2.92. The molecule has 1 N–H and O–H groups in total. The number of amides is 1. The van der Waals surface area contributed by atoms with Crippen molar-refractivity contribution in [3.05, 3.63) is 63.1 Å². The molecule has 0 aliphatic carbocycles. The number of benzene rings is 1. The van der Waals surface area contributed by atoms with Gasteiger partial charge in [-0.3, -0.25) is 14.2 Å². The first-order valence-corrected chi connectivity index (χ1v) is 9.54. The Morgan fingerprint density at radius 3 is 2.34 bits per heavy atom. The highest BCUT2D eigenvalue weighted by Crippen LogP contribution is 2.28. The van der Waals surface area contributed by atoms with E-state index < -0.39 is 17.8 Å². The maximum absolute atomic E-state index is 12.8. The van der Waals surface area contributed by atoms with E-state index in [2.05, 4.69) is 31.4 Å². The number of hydrogen-bond donors (Lipinski definition) is 1. The molecule has 0 spiro atoms. The maximum atomic E-state index is 12.8. The van der Waals surface area contributed by atoms with Crippen molar-refractivity contribution in [3.63, 3.8) is 0 Å². The van der Waals surface area contributed by atoms with Gasteiger partial charge in [0.2, 0.25) is 5.91 Å². The van der Waals surface area contributed by atoms with Gasteiger partial charge in [0.05, 0.1) is 23.6 Å². The Labute approximate surface area is 173 Å². The highest BCUT2D eigenvalue weighted by atomic mass is 79.9. The van der Waals surface area contributed by atoms with Gasteiger partial charge in [-0.05, 0) is 44.5 Å². The van der Waals surface area contributed by atoms with E-state index in [1.54, 1.807) is 11.6 Å². The molecule has 6 nitrogen and oxygen atoms in total. The van der Waals surface area contributed by atoms with Crippen LogP contribution in [0.1, 0.15) is 28.3 Å². The van der Waals surface area contributed by atoms with Crippen molar-refractivity contribution in [2.75, 3.05) is 5.32 Å². The molecule has 3 rings (SSSR count). The highest BCUT2D eigenvalue weighted by molar-refractivity contribution is 9.10. The molecule has 2 aromatic heterocycles. The average Bonchev–Trinajstić information content (AvgIpc) is 3.12. The van der Waals surface area contributed by atoms with E-state index in [1.807, 2.05) is 31.2 Å². The molecule has 1 aromatic carbocycles. The number of nitrogens with zero attached hydrogens (tertiary/aromatic N) is 4. The second-order valence-corrected chi connectivity index (χ2v) is 7.62. The summed E-state index contributed by atoms with van der Waals surface area (Å²) in [5.41, 5.74) is 2.22. The van der Waals surface area contributed by atoms with Gasteiger partial charge in [0.15, 0.2) is 5.69 Å². The van der Waals surface area contributed by atoms with Crippen LogP contribution < -0.4 is 5.32 Å². The van der Waals surface area contributed by atoms with Crippen molar-refractivity contribution < 1.29 is 18.0 Å². The van der Waals surface area contributed by atoms with Crippen molar-refractivity contribution in [2.24, 2.45) is 0 Å². The summed E-state index contributed by atoms with van der Waals surface area (Å²) in [6.07, 6.45) is -4.55. The third-order valence-corrected chi connectivity index (χ3v) is 4.99. The van der Waals surface area contributed by atoms with Gasteiger partial charge in [-0.2, -0.15) is 23.4 Å². The van der Waals surface area contributed by atoms with Crippen LogP contribution in [0.25, 0.3) is 0 Å². The number of hydrogen-bond acceptors (Lipinski definition) is 3. The van der Waals surface area contributed by atoms with Gasteiger partial charge >= 0.3 is 6.18 Å². The Hall–Kier alpha value is -2.62. The molecule has 0 radical (unpaired) electrons. The number of halogens is 4. The third-order valence-electron chi connectivity index (χ3n) is 4.46. The summed E-state index contributed by atoms with van der Waals surface area (Å²) in [6.45, 7) is 5.28. The van der Waals surface area contributed by atoms with Crippen LogP contribution in [0.15, 0.2) is 34.8 Å². The second-order valence-electron chi connectivity index (χ2n) is 6.70. The lowest BCUT2D eigenvalue weighted by molar-refractivity contribution is -0.141. The molecule has 0 atom stereocenters. The summed E-state index contributed by atoms with van der Waals surface area (Å²) < 4.78 is 42.1. The van der Waals surface area contributed by atoms with Crippen LogP contribution in [0, 0.1) is 20.8 Å². The predicted octanol–water partition coefficient (Wildman–Crippen LogP) is 4.47. The molecule has 0 saturated carbocycles. The topological polar surface area (TPSA) is 64.7 Å². The van der Waals surface area contributed by atoms with Crippen LogP contribution in [0.3, 0.4) is 0 Å². The van der Waals surface area contributed by atoms with Crippen molar-refractivity contribution in [1.82, 2.24) is 19.6 Å². The predicted molar refractivity (Wildman–Crippen MR) is 106 cm³/mol. The minimum absolute atomic E-state index is 0.256. The molecule has 1 amide bonds. The molecule has 0 fully saturated rings. The Morgan fingerprint density at radius 1 is 1.10 bits per heavy atom. The van der Waals surface area contributed by atoms with Crippen LogP contribution in [-0.2, 0) is 24.1 Å². The summed E-state index contributed by atoms with van der Waals surface area (Å²) in [7, 11) is 0. The molecular weight excluding hydrogens is 451 g/mol. The van der Waals surface area contributed by atoms with E-state index in [9.17, 15) is 18.0 Å². The number of carbonyl (C=O) groups excluding carboxylic acids is 1. The van der Waals surface area contributed by atoms with Gasteiger partial charge in [0, 0.05) is 10.2 Å². The molecule has 154 valence electrons. The van der Waals surface area contributed by atoms with E-state index in [0.29, 0.717) is 17.9 Å². The zero-order valence-corrected chi connectivity index (χ0v) is 17.6. The lowest BCUT2D eigenvalue weighted by Crippen LogP contribution is -2.21. The van der Waals surface area contributed by atoms with Crippen molar-refractivity contribution in [3.8, 4) is 0 Å². The van der Waals surface area contributed by atoms with E-state index in [-0.39, 0.29) is 12.2 Å². The van der Waals surface area contributed by atoms with Crippen molar-refractivity contribution in [2.45, 2.75) is 40.0 Å². The van der Waals surface area contributed by atoms with Gasteiger partial charge in [-0.1, -0.05) is 28.1 Å². The maximum Gasteiger partial charge on any atom is 0.435 e. The van der Waals surface area contributed by atoms with Gasteiger partial charge < -0.3 is 5.32 Å². The zero-order chi connectivity index (χ0) is 21.3. The SMILES string of the molecule is Cc1nn(Cc2ccc(Br)cc2)c(C)c1NC(=O)Cn1nc(C(F)(F)F)cc1C. The monoisotopic (exact) mass is 469 g/mol. The summed E-state index contributed by atoms with van der Waals surface area (Å²) in [5, 5.41) is 10.7. The van der Waals surface area contributed by atoms with Gasteiger partial charge in [-0.15, -0.1) is 0 Å². The first-order valence-electron chi connectivity index (χ1n) is 8.74. The number of aromatic nitrogens is 4. The number of anilines is 1. The Balaban J connectivity index is 1.73. The molecule has 10 heteroatoms. The smallest absolute Gasteiger partial charge is 0.321 e. The van der Waals surface area contributed by atoms with Crippen LogP contribution in [0.5, 0.6) is 0 Å². The molecule has 29 heavy (non-hydrogen) atoms. The normalized spacial score (nSPS) is 11.7. The Kier molecular flexibility index (Phi) is 5.83. The zero-order valence-electron chi connectivity index (χ0n) is 16.0. The van der Waals surface area contributed by atoms with Crippen LogP contribution in [0.4, 0.5) is 18.9 Å². The minimum atomic E-state index is -4.55. The fourth-order valence-corrected chi connectivity index (χ4v) is 3.18. The molecule has 3 aromatic rings. The molecule has 0 unspecified atom stereocenters. The molecule has 2 heterocycles. The van der Waals surface area contributed by atoms with E-state index in [1.165, 1.54) is 6.92 Å². The van der Waals surface area contributed by atoms with Crippen LogP contribution in [-0.4, -0.2) is 25.5 Å². The number of rotatable bonds is 5. The number of aryl methyl sites for hydroxylation is 2. The first-order chi connectivity index (χ1) is 13.5. The average molecular weight is 470 g/mol. The van der Waals surface area contributed by atoms with Crippen molar-refractivity contribution >= 4 is 27.5 Å². The summed E-state index contributed by atoms with van der Waals surface area (Å²) in [6, 6.07) is 8.73. The third kappa shape index (κ3) is 4.87. The Bertz CT molecular complexity index is 1040. The molecule has 0 bridgehead atoms. The van der Waals surface area contributed by atoms with Gasteiger partial charge in [-0.25, -0.2) is 0 Å². The van der Waals surface area contributed by atoms with E-state index in [0.717, 1.165) is 26.5 Å². The molecular formula is C19H19BrF3N5O. The number of alkyl halides is 3. The first kappa shape index (κ1) is 21.1. The molecule has 0 saturated heterocycles. The Morgan fingerprint density at radius 2 is 1.76 bits per heavy atom.